The summed E-state index contributed by atoms with van der Waals surface area (Å²) in [6, 6.07) is 0. The molecular weight excluding hydrogens is 237 g/mol. The first-order valence-corrected chi connectivity index (χ1v) is 12.3. The molecule has 0 aliphatic carbocycles. The monoisotopic (exact) mass is 238 g/mol. The zero-order chi connectivity index (χ0) is 7.90. The van der Waals surface area contributed by atoms with Crippen LogP contribution in [0.3, 0.4) is 0 Å². The van der Waals surface area contributed by atoms with Crippen LogP contribution < -0.4 is 0 Å². The SMILES string of the molecule is O=C(O)C12[Si][Si]C([Si][Si]1)[Si][Si]2. The number of carboxylic acid groups (broad SMARTS) is 1. The van der Waals surface area contributed by atoms with Crippen LogP contribution in [0.1, 0.15) is 0 Å². The molecule has 2 nitrogen and oxygen atoms in total. The van der Waals surface area contributed by atoms with E-state index in [9.17, 15) is 4.79 Å². The van der Waals surface area contributed by atoms with E-state index in [-0.39, 0.29) is 4.28 Å². The molecule has 0 aromatic carbocycles. The maximum atomic E-state index is 11.0. The Hall–Kier alpha value is 0.771. The van der Waals surface area contributed by atoms with Gasteiger partial charge in [0.15, 0.2) is 0 Å². The van der Waals surface area contributed by atoms with E-state index in [1.165, 1.54) is 0 Å². The smallest absolute Gasteiger partial charge is 0.299 e. The first kappa shape index (κ1) is 8.37. The fourth-order valence-electron chi connectivity index (χ4n) is 0.904. The molecule has 0 spiro atoms. The summed E-state index contributed by atoms with van der Waals surface area (Å²) in [4.78, 5) is 11.9. The van der Waals surface area contributed by atoms with Gasteiger partial charge in [-0.3, -0.25) is 4.79 Å². The number of aliphatic carboxylic acids is 1. The van der Waals surface area contributed by atoms with Crippen molar-refractivity contribution < 1.29 is 9.90 Å². The Morgan fingerprint density at radius 1 is 1.18 bits per heavy atom. The lowest BCUT2D eigenvalue weighted by Gasteiger charge is -2.40. The van der Waals surface area contributed by atoms with Crippen LogP contribution in [0.2, 0.25) is 9.07 Å². The Bertz CT molecular complexity index is 172. The molecule has 2 bridgehead atoms. The Kier molecular flexibility index (Phi) is 2.22. The summed E-state index contributed by atoms with van der Waals surface area (Å²) in [5.74, 6) is -0.488. The van der Waals surface area contributed by atoms with Gasteiger partial charge in [0.05, 0.1) is 0 Å². The molecule has 3 aliphatic rings. The fraction of sp³-hybridized carbons (Fsp3) is 0.667. The topological polar surface area (TPSA) is 37.3 Å². The molecule has 0 aromatic rings. The highest BCUT2D eigenvalue weighted by atomic mass is 29.3. The van der Waals surface area contributed by atoms with Crippen molar-refractivity contribution in [1.82, 2.24) is 0 Å². The maximum Gasteiger partial charge on any atom is 0.299 e. The van der Waals surface area contributed by atoms with Gasteiger partial charge in [0.1, 0.15) is 0 Å². The second-order valence-corrected chi connectivity index (χ2v) is 16.0. The molecule has 0 aromatic heterocycles. The Labute approximate surface area is 79.2 Å². The van der Waals surface area contributed by atoms with Crippen molar-refractivity contribution in [2.24, 2.45) is 0 Å². The number of carbonyl (C=O) groups is 1. The fourth-order valence-corrected chi connectivity index (χ4v) is 30.5. The summed E-state index contributed by atoms with van der Waals surface area (Å²) < 4.78 is -0.177. The summed E-state index contributed by atoms with van der Waals surface area (Å²) in [6.45, 7) is 0. The Morgan fingerprint density at radius 3 is 1.91 bits per heavy atom. The molecule has 0 saturated carbocycles. The summed E-state index contributed by atoms with van der Waals surface area (Å²) in [5.41, 5.74) is 0. The molecule has 3 rings (SSSR count). The molecule has 3 saturated heterocycles. The van der Waals surface area contributed by atoms with Crippen LogP contribution in [0.4, 0.5) is 0 Å². The first-order chi connectivity index (χ1) is 5.23. The molecule has 8 heteroatoms. The number of hydrogen-bond acceptors (Lipinski definition) is 1. The van der Waals surface area contributed by atoms with Gasteiger partial charge in [0, 0.05) is 58.5 Å². The summed E-state index contributed by atoms with van der Waals surface area (Å²) in [7, 11) is 5.26. The Morgan fingerprint density at radius 2 is 1.64 bits per heavy atom. The van der Waals surface area contributed by atoms with Gasteiger partial charge in [-0.25, -0.2) is 0 Å². The molecule has 3 aliphatic heterocycles. The van der Waals surface area contributed by atoms with Crippen LogP contribution in [0, 0.1) is 0 Å². The molecule has 0 unspecified atom stereocenters. The van der Waals surface area contributed by atoms with Crippen molar-refractivity contribution in [3.63, 3.8) is 0 Å². The van der Waals surface area contributed by atoms with Gasteiger partial charge >= 0.3 is 0 Å². The van der Waals surface area contributed by atoms with E-state index in [4.69, 9.17) is 5.11 Å². The van der Waals surface area contributed by atoms with Gasteiger partial charge in [-0.1, -0.05) is 4.79 Å². The number of rotatable bonds is 1. The standard InChI is InChI=1S/C3H2O2Si6/c4-1(5)3-9-6-2(7-10-3)8-11-3/h2H,(H,4,5). The third-order valence-electron chi connectivity index (χ3n) is 1.53. The number of carboxylic acids is 1. The maximum absolute atomic E-state index is 11.0. The number of fused-ring (bicyclic) bond motifs is 3. The molecule has 12 radical (unpaired) electrons. The second-order valence-electron chi connectivity index (χ2n) is 2.30. The predicted octanol–water partition coefficient (Wildman–Crippen LogP) is -2.15. The van der Waals surface area contributed by atoms with E-state index in [0.29, 0.717) is 0 Å². The predicted molar refractivity (Wildman–Crippen MR) is 48.6 cm³/mol. The van der Waals surface area contributed by atoms with E-state index < -0.39 is 5.97 Å². The van der Waals surface area contributed by atoms with Crippen molar-refractivity contribution in [1.29, 1.82) is 0 Å². The first-order valence-electron chi connectivity index (χ1n) is 3.04. The lowest BCUT2D eigenvalue weighted by Crippen LogP contribution is -2.60. The van der Waals surface area contributed by atoms with Gasteiger partial charge in [-0.2, -0.15) is 0 Å². The average molecular weight is 239 g/mol. The van der Waals surface area contributed by atoms with E-state index in [0.717, 1.165) is 59.0 Å². The molecule has 3 heterocycles. The van der Waals surface area contributed by atoms with Gasteiger partial charge in [0.2, 0.25) is 0 Å². The summed E-state index contributed by atoms with van der Waals surface area (Å²) in [5, 5.41) is 9.05. The molecule has 11 heavy (non-hydrogen) atoms. The van der Waals surface area contributed by atoms with Crippen LogP contribution in [0.25, 0.3) is 0 Å². The number of hydrogen-bond donors (Lipinski definition) is 1. The van der Waals surface area contributed by atoms with Crippen LogP contribution in [0.15, 0.2) is 0 Å². The van der Waals surface area contributed by atoms with Crippen LogP contribution in [-0.2, 0) is 4.79 Å². The van der Waals surface area contributed by atoms with Crippen LogP contribution >= 0.6 is 0 Å². The van der Waals surface area contributed by atoms with Crippen LogP contribution in [-0.4, -0.2) is 65.3 Å². The van der Waals surface area contributed by atoms with Gasteiger partial charge < -0.3 is 5.11 Å². The largest absolute Gasteiger partial charge is 0.482 e. The van der Waals surface area contributed by atoms with Gasteiger partial charge in [-0.05, 0) is 0 Å². The highest BCUT2D eigenvalue weighted by Gasteiger charge is 2.47. The van der Waals surface area contributed by atoms with Crippen molar-refractivity contribution in [3.8, 4) is 0 Å². The third kappa shape index (κ3) is 1.35. The van der Waals surface area contributed by atoms with E-state index >= 15 is 0 Å². The van der Waals surface area contributed by atoms with Crippen LogP contribution in [0.5, 0.6) is 0 Å². The highest BCUT2D eigenvalue weighted by Crippen LogP contribution is 2.31. The second kappa shape index (κ2) is 2.92. The van der Waals surface area contributed by atoms with Crippen molar-refractivity contribution >= 4 is 60.2 Å². The van der Waals surface area contributed by atoms with Crippen molar-refractivity contribution in [2.75, 3.05) is 0 Å². The van der Waals surface area contributed by atoms with E-state index in [1.54, 1.807) is 0 Å². The molecule has 0 atom stereocenters. The lowest BCUT2D eigenvalue weighted by molar-refractivity contribution is -0.136. The van der Waals surface area contributed by atoms with E-state index in [2.05, 4.69) is 0 Å². The van der Waals surface area contributed by atoms with Crippen molar-refractivity contribution in [2.45, 2.75) is 9.07 Å². The highest BCUT2D eigenvalue weighted by molar-refractivity contribution is 7.43. The zero-order valence-corrected chi connectivity index (χ0v) is 11.4. The molecule has 1 N–H and O–H groups in total. The minimum absolute atomic E-state index is 0.177. The minimum Gasteiger partial charge on any atom is -0.482 e. The average Bonchev–Trinajstić information content (AvgIpc) is 2.08. The molecule has 50 valence electrons. The minimum atomic E-state index is -0.488. The lowest BCUT2D eigenvalue weighted by atomic mass is 10.8. The van der Waals surface area contributed by atoms with Gasteiger partial charge in [0.25, 0.3) is 5.97 Å². The normalized spacial score (nSPS) is 42.4. The molecular formula is C3H2O2Si6. The van der Waals surface area contributed by atoms with Crippen molar-refractivity contribution in [3.05, 3.63) is 0 Å². The third-order valence-corrected chi connectivity index (χ3v) is 26.4. The molecule has 3 fully saturated rings. The summed E-state index contributed by atoms with van der Waals surface area (Å²) in [6.07, 6.45) is 0. The van der Waals surface area contributed by atoms with E-state index in [1.807, 2.05) is 0 Å². The Balaban J connectivity index is 2.18. The summed E-state index contributed by atoms with van der Waals surface area (Å²) >= 11 is 0. The molecule has 0 amide bonds. The van der Waals surface area contributed by atoms with Gasteiger partial charge in [-0.15, -0.1) is 0 Å². The zero-order valence-electron chi connectivity index (χ0n) is 5.43. The quantitative estimate of drug-likeness (QED) is 0.529.